The van der Waals surface area contributed by atoms with E-state index in [1.807, 2.05) is 24.3 Å². The molecule has 0 radical (unpaired) electrons. The topological polar surface area (TPSA) is 73.8 Å². The molecule has 1 aromatic heterocycles. The molecule has 3 aromatic carbocycles. The Bertz CT molecular complexity index is 1580. The SMILES string of the molecule is CCN(CC)CCN(C(=O)c1ccc(S(=O)(=O)N2CCc3ccccc32)cc1)c1nc2cc(C)c(C)cc2s1.Cl. The quantitative estimate of drug-likeness (QED) is 0.234. The molecular weight excluding hydrogens is 564 g/mol. The summed E-state index contributed by atoms with van der Waals surface area (Å²) in [7, 11) is -3.73. The molecule has 10 heteroatoms. The number of para-hydroxylation sites is 1. The molecule has 0 saturated carbocycles. The molecule has 4 aromatic rings. The maximum absolute atomic E-state index is 13.8. The van der Waals surface area contributed by atoms with Gasteiger partial charge in [-0.15, -0.1) is 12.4 Å². The fraction of sp³-hybridized carbons (Fsp3) is 0.333. The first-order chi connectivity index (χ1) is 18.7. The number of likely N-dealkylation sites (N-methyl/N-ethyl adjacent to an activating group) is 1. The summed E-state index contributed by atoms with van der Waals surface area (Å²) in [5.41, 5.74) is 5.42. The van der Waals surface area contributed by atoms with E-state index in [9.17, 15) is 13.2 Å². The number of nitrogens with zero attached hydrogens (tertiary/aromatic N) is 4. The van der Waals surface area contributed by atoms with Crippen LogP contribution in [0.4, 0.5) is 10.8 Å². The van der Waals surface area contributed by atoms with Gasteiger partial charge < -0.3 is 4.90 Å². The van der Waals surface area contributed by atoms with Gasteiger partial charge in [0.1, 0.15) is 0 Å². The van der Waals surface area contributed by atoms with E-state index in [0.717, 1.165) is 40.1 Å². The lowest BCUT2D eigenvalue weighted by Crippen LogP contribution is -2.39. The molecule has 0 atom stereocenters. The number of fused-ring (bicyclic) bond motifs is 2. The van der Waals surface area contributed by atoms with Crippen molar-refractivity contribution in [2.75, 3.05) is 41.9 Å². The van der Waals surface area contributed by atoms with Crippen molar-refractivity contribution in [3.8, 4) is 0 Å². The van der Waals surface area contributed by atoms with Gasteiger partial charge in [0.15, 0.2) is 5.13 Å². The van der Waals surface area contributed by atoms with Gasteiger partial charge in [-0.05, 0) is 92.5 Å². The Labute approximate surface area is 246 Å². The largest absolute Gasteiger partial charge is 0.302 e. The Balaban J connectivity index is 0.00000370. The van der Waals surface area contributed by atoms with Crippen molar-refractivity contribution in [1.82, 2.24) is 9.88 Å². The van der Waals surface area contributed by atoms with Crippen LogP contribution in [0.3, 0.4) is 0 Å². The third-order valence-corrected chi connectivity index (χ3v) is 10.4. The number of thiazole rings is 1. The van der Waals surface area contributed by atoms with E-state index < -0.39 is 10.0 Å². The number of carbonyl (C=O) groups excluding carboxylic acids is 1. The van der Waals surface area contributed by atoms with Crippen molar-refractivity contribution in [2.45, 2.75) is 39.0 Å². The lowest BCUT2D eigenvalue weighted by Gasteiger charge is -2.25. The van der Waals surface area contributed by atoms with Crippen molar-refractivity contribution >= 4 is 60.7 Å². The van der Waals surface area contributed by atoms with Crippen molar-refractivity contribution in [3.05, 3.63) is 82.9 Å². The van der Waals surface area contributed by atoms with Gasteiger partial charge in [0.2, 0.25) is 0 Å². The lowest BCUT2D eigenvalue weighted by molar-refractivity contribution is 0.0983. The van der Waals surface area contributed by atoms with E-state index in [4.69, 9.17) is 4.98 Å². The number of carbonyl (C=O) groups is 1. The van der Waals surface area contributed by atoms with Gasteiger partial charge in [-0.1, -0.05) is 43.4 Å². The molecule has 0 saturated heterocycles. The zero-order valence-corrected chi connectivity index (χ0v) is 25.7. The molecule has 0 aliphatic carbocycles. The van der Waals surface area contributed by atoms with Gasteiger partial charge in [-0.25, -0.2) is 13.4 Å². The average Bonchev–Trinajstić information content (AvgIpc) is 3.56. The van der Waals surface area contributed by atoms with Crippen LogP contribution in [0.2, 0.25) is 0 Å². The number of benzene rings is 3. The smallest absolute Gasteiger partial charge is 0.264 e. The molecule has 40 heavy (non-hydrogen) atoms. The summed E-state index contributed by atoms with van der Waals surface area (Å²) in [6.07, 6.45) is 0.689. The third kappa shape index (κ3) is 5.74. The first-order valence-corrected chi connectivity index (χ1v) is 15.6. The summed E-state index contributed by atoms with van der Waals surface area (Å²) in [5.74, 6) is -0.190. The number of halogens is 1. The first kappa shape index (κ1) is 30.0. The molecule has 2 heterocycles. The summed E-state index contributed by atoms with van der Waals surface area (Å²) in [4.78, 5) is 22.8. The summed E-state index contributed by atoms with van der Waals surface area (Å²) < 4.78 is 29.4. The van der Waals surface area contributed by atoms with Crippen molar-refractivity contribution in [2.24, 2.45) is 0 Å². The van der Waals surface area contributed by atoms with Crippen LogP contribution >= 0.6 is 23.7 Å². The number of sulfonamides is 1. The maximum Gasteiger partial charge on any atom is 0.264 e. The number of aromatic nitrogens is 1. The van der Waals surface area contributed by atoms with Crippen LogP contribution in [0.1, 0.15) is 40.9 Å². The van der Waals surface area contributed by atoms with Gasteiger partial charge >= 0.3 is 0 Å². The van der Waals surface area contributed by atoms with E-state index in [1.165, 1.54) is 33.3 Å². The van der Waals surface area contributed by atoms with Crippen LogP contribution in [-0.2, 0) is 16.4 Å². The molecule has 0 bridgehead atoms. The van der Waals surface area contributed by atoms with E-state index in [1.54, 1.807) is 17.0 Å². The second-order valence-electron chi connectivity index (χ2n) is 9.86. The normalized spacial score (nSPS) is 13.0. The first-order valence-electron chi connectivity index (χ1n) is 13.4. The summed E-state index contributed by atoms with van der Waals surface area (Å²) in [6, 6.07) is 18.1. The number of hydrogen-bond donors (Lipinski definition) is 0. The van der Waals surface area contributed by atoms with Crippen LogP contribution in [0, 0.1) is 13.8 Å². The molecular formula is C30H35ClN4O3S2. The molecule has 212 valence electrons. The Morgan fingerprint density at radius 2 is 1.65 bits per heavy atom. The molecule has 1 aliphatic heterocycles. The minimum atomic E-state index is -3.73. The molecule has 7 nitrogen and oxygen atoms in total. The second kappa shape index (κ2) is 12.3. The van der Waals surface area contributed by atoms with E-state index in [0.29, 0.717) is 36.8 Å². The van der Waals surface area contributed by atoms with Crippen LogP contribution in [0.5, 0.6) is 0 Å². The predicted molar refractivity (Wildman–Crippen MR) is 167 cm³/mol. The zero-order chi connectivity index (χ0) is 27.7. The van der Waals surface area contributed by atoms with E-state index in [-0.39, 0.29) is 23.2 Å². The van der Waals surface area contributed by atoms with Crippen LogP contribution in [0.25, 0.3) is 10.2 Å². The standard InChI is InChI=1S/C30H34N4O3S2.ClH/c1-5-32(6-2)17-18-33(30-31-26-19-21(3)22(4)20-28(26)38-30)29(35)24-11-13-25(14-12-24)39(36,37)34-16-15-23-9-7-8-10-27(23)34;/h7-14,19-20H,5-6,15-18H2,1-4H3;1H. The number of aryl methyl sites for hydroxylation is 2. The zero-order valence-electron chi connectivity index (χ0n) is 23.3. The minimum Gasteiger partial charge on any atom is -0.302 e. The van der Waals surface area contributed by atoms with Crippen LogP contribution in [0.15, 0.2) is 65.6 Å². The van der Waals surface area contributed by atoms with E-state index in [2.05, 4.69) is 44.7 Å². The Morgan fingerprint density at radius 3 is 2.35 bits per heavy atom. The summed E-state index contributed by atoms with van der Waals surface area (Å²) >= 11 is 1.51. The Hall–Kier alpha value is -2.98. The molecule has 0 spiro atoms. The van der Waals surface area contributed by atoms with Gasteiger partial charge in [0, 0.05) is 25.2 Å². The van der Waals surface area contributed by atoms with Crippen LogP contribution < -0.4 is 9.21 Å². The minimum absolute atomic E-state index is 0. The van der Waals surface area contributed by atoms with Crippen molar-refractivity contribution in [1.29, 1.82) is 0 Å². The molecule has 1 amide bonds. The van der Waals surface area contributed by atoms with Gasteiger partial charge in [0.05, 0.1) is 20.8 Å². The number of anilines is 2. The predicted octanol–water partition coefficient (Wildman–Crippen LogP) is 6.07. The summed E-state index contributed by atoms with van der Waals surface area (Å²) in [6.45, 7) is 11.8. The second-order valence-corrected chi connectivity index (χ2v) is 12.7. The average molecular weight is 599 g/mol. The Morgan fingerprint density at radius 1 is 0.975 bits per heavy atom. The lowest BCUT2D eigenvalue weighted by atomic mass is 10.1. The van der Waals surface area contributed by atoms with Crippen molar-refractivity contribution < 1.29 is 13.2 Å². The van der Waals surface area contributed by atoms with Gasteiger partial charge in [0.25, 0.3) is 15.9 Å². The number of amides is 1. The molecule has 0 N–H and O–H groups in total. The van der Waals surface area contributed by atoms with Gasteiger partial charge in [-0.3, -0.25) is 14.0 Å². The van der Waals surface area contributed by atoms with Gasteiger partial charge in [-0.2, -0.15) is 0 Å². The fourth-order valence-corrected chi connectivity index (χ4v) is 7.53. The summed E-state index contributed by atoms with van der Waals surface area (Å²) in [5, 5.41) is 0.650. The van der Waals surface area contributed by atoms with Crippen molar-refractivity contribution in [3.63, 3.8) is 0 Å². The molecule has 5 rings (SSSR count). The number of rotatable bonds is 9. The third-order valence-electron chi connectivity index (χ3n) is 7.54. The molecule has 0 fully saturated rings. The van der Waals surface area contributed by atoms with Crippen LogP contribution in [-0.4, -0.2) is 56.9 Å². The maximum atomic E-state index is 13.8. The highest BCUT2D eigenvalue weighted by molar-refractivity contribution is 7.92. The fourth-order valence-electron chi connectivity index (χ4n) is 4.96. The monoisotopic (exact) mass is 598 g/mol. The highest BCUT2D eigenvalue weighted by atomic mass is 35.5. The number of hydrogen-bond acceptors (Lipinski definition) is 6. The van der Waals surface area contributed by atoms with E-state index >= 15 is 0 Å². The highest BCUT2D eigenvalue weighted by Gasteiger charge is 2.31. The highest BCUT2D eigenvalue weighted by Crippen LogP contribution is 2.34. The molecule has 1 aliphatic rings. The molecule has 0 unspecified atom stereocenters. The Kier molecular flexibility index (Phi) is 9.19.